The summed E-state index contributed by atoms with van der Waals surface area (Å²) >= 11 is 0. The smallest absolute Gasteiger partial charge is 0.337 e. The first-order valence-corrected chi connectivity index (χ1v) is 10.1. The Kier molecular flexibility index (Phi) is 5.85. The zero-order valence-corrected chi connectivity index (χ0v) is 17.4. The SMILES string of the molecule is CN(C)C(=O)c1nc(CNC(=O)n2c(=O)n(CC3CCOCC3)c3ccccc32)no1. The molecule has 0 unspecified atom stereocenters. The molecule has 1 aromatic carbocycles. The number of hydrogen-bond donors (Lipinski definition) is 1. The first kappa shape index (κ1) is 20.8. The van der Waals surface area contributed by atoms with E-state index < -0.39 is 17.6 Å². The fourth-order valence-electron chi connectivity index (χ4n) is 3.61. The first-order valence-electron chi connectivity index (χ1n) is 10.1. The maximum absolute atomic E-state index is 13.1. The standard InChI is InChI=1S/C20H24N6O5/c1-24(2)18(27)17-22-16(23-31-17)11-21-19(28)26-15-6-4-3-5-14(15)25(20(26)29)12-13-7-9-30-10-8-13/h3-6,13H,7-12H2,1-2H3,(H,21,28). The van der Waals surface area contributed by atoms with Crippen LogP contribution in [0, 0.1) is 5.92 Å². The predicted molar refractivity (Wildman–Crippen MR) is 110 cm³/mol. The molecule has 0 bridgehead atoms. The molecule has 1 aliphatic rings. The average Bonchev–Trinajstić information content (AvgIpc) is 3.35. The molecular weight excluding hydrogens is 404 g/mol. The molecule has 4 rings (SSSR count). The van der Waals surface area contributed by atoms with Gasteiger partial charge in [-0.2, -0.15) is 4.98 Å². The van der Waals surface area contributed by atoms with E-state index in [2.05, 4.69) is 15.5 Å². The molecule has 0 aliphatic carbocycles. The Morgan fingerprint density at radius 3 is 2.61 bits per heavy atom. The van der Waals surface area contributed by atoms with E-state index in [0.717, 1.165) is 17.4 Å². The fourth-order valence-corrected chi connectivity index (χ4v) is 3.61. The first-order chi connectivity index (χ1) is 15.0. The Bertz CT molecular complexity index is 1150. The molecular formula is C20H24N6O5. The maximum Gasteiger partial charge on any atom is 0.337 e. The van der Waals surface area contributed by atoms with Crippen LogP contribution in [0.15, 0.2) is 33.6 Å². The third kappa shape index (κ3) is 4.22. The normalized spacial score (nSPS) is 14.6. The molecule has 1 saturated heterocycles. The maximum atomic E-state index is 13.1. The summed E-state index contributed by atoms with van der Waals surface area (Å²) in [6, 6.07) is 6.59. The molecule has 3 heterocycles. The molecule has 0 radical (unpaired) electrons. The number of nitrogens with zero attached hydrogens (tertiary/aromatic N) is 5. The Hall–Kier alpha value is -3.47. The monoisotopic (exact) mass is 428 g/mol. The Morgan fingerprint density at radius 1 is 1.19 bits per heavy atom. The van der Waals surface area contributed by atoms with E-state index in [1.54, 1.807) is 30.8 Å². The van der Waals surface area contributed by atoms with Crippen molar-refractivity contribution in [2.75, 3.05) is 27.3 Å². The van der Waals surface area contributed by atoms with Crippen molar-refractivity contribution >= 4 is 23.0 Å². The minimum absolute atomic E-state index is 0.0883. The van der Waals surface area contributed by atoms with Crippen molar-refractivity contribution in [2.24, 2.45) is 5.92 Å². The summed E-state index contributed by atoms with van der Waals surface area (Å²) in [6.45, 7) is 1.81. The van der Waals surface area contributed by atoms with Crippen molar-refractivity contribution in [3.8, 4) is 0 Å². The van der Waals surface area contributed by atoms with Crippen molar-refractivity contribution in [2.45, 2.75) is 25.9 Å². The highest BCUT2D eigenvalue weighted by atomic mass is 16.5. The van der Waals surface area contributed by atoms with Crippen LogP contribution < -0.4 is 11.0 Å². The Morgan fingerprint density at radius 2 is 1.90 bits per heavy atom. The van der Waals surface area contributed by atoms with Crippen LogP contribution in [-0.4, -0.2) is 63.4 Å². The lowest BCUT2D eigenvalue weighted by molar-refractivity contribution is 0.0613. The van der Waals surface area contributed by atoms with Gasteiger partial charge in [0, 0.05) is 33.9 Å². The highest BCUT2D eigenvalue weighted by Crippen LogP contribution is 2.20. The molecule has 1 fully saturated rings. The number of hydrogen-bond acceptors (Lipinski definition) is 7. The third-order valence-electron chi connectivity index (χ3n) is 5.28. The zero-order chi connectivity index (χ0) is 22.0. The number of carbonyl (C=O) groups excluding carboxylic acids is 2. The zero-order valence-electron chi connectivity index (χ0n) is 17.4. The number of carbonyl (C=O) groups is 2. The molecule has 0 atom stereocenters. The van der Waals surface area contributed by atoms with Gasteiger partial charge in [-0.1, -0.05) is 17.3 Å². The molecule has 1 aliphatic heterocycles. The van der Waals surface area contributed by atoms with Crippen LogP contribution in [0.3, 0.4) is 0 Å². The second-order valence-corrected chi connectivity index (χ2v) is 7.65. The summed E-state index contributed by atoms with van der Waals surface area (Å²) in [7, 11) is 3.13. The number of para-hydroxylation sites is 2. The fraction of sp³-hybridized carbons (Fsp3) is 0.450. The number of rotatable bonds is 5. The van der Waals surface area contributed by atoms with Crippen LogP contribution in [0.1, 0.15) is 29.4 Å². The highest BCUT2D eigenvalue weighted by molar-refractivity contribution is 5.90. The van der Waals surface area contributed by atoms with Crippen LogP contribution in [0.4, 0.5) is 4.79 Å². The Balaban J connectivity index is 1.55. The van der Waals surface area contributed by atoms with Gasteiger partial charge in [-0.25, -0.2) is 14.2 Å². The molecule has 0 spiro atoms. The number of fused-ring (bicyclic) bond motifs is 1. The summed E-state index contributed by atoms with van der Waals surface area (Å²) in [5, 5.41) is 6.33. The summed E-state index contributed by atoms with van der Waals surface area (Å²) < 4.78 is 13.1. The molecule has 2 amide bonds. The molecule has 164 valence electrons. The summed E-state index contributed by atoms with van der Waals surface area (Å²) in [5.41, 5.74) is 0.822. The summed E-state index contributed by atoms with van der Waals surface area (Å²) in [6.07, 6.45) is 1.76. The van der Waals surface area contributed by atoms with E-state index >= 15 is 0 Å². The van der Waals surface area contributed by atoms with Crippen LogP contribution in [-0.2, 0) is 17.8 Å². The topological polar surface area (TPSA) is 124 Å². The van der Waals surface area contributed by atoms with Crippen LogP contribution in [0.5, 0.6) is 0 Å². The molecule has 0 saturated carbocycles. The van der Waals surface area contributed by atoms with Gasteiger partial charge in [0.05, 0.1) is 17.6 Å². The minimum atomic E-state index is -0.600. The van der Waals surface area contributed by atoms with E-state index in [0.29, 0.717) is 36.7 Å². The van der Waals surface area contributed by atoms with E-state index in [9.17, 15) is 14.4 Å². The predicted octanol–water partition coefficient (Wildman–Crippen LogP) is 1.07. The third-order valence-corrected chi connectivity index (χ3v) is 5.28. The van der Waals surface area contributed by atoms with Gasteiger partial charge in [0.2, 0.25) is 0 Å². The lowest BCUT2D eigenvalue weighted by atomic mass is 10.0. The number of amides is 2. The van der Waals surface area contributed by atoms with Crippen LogP contribution >= 0.6 is 0 Å². The molecule has 1 N–H and O–H groups in total. The largest absolute Gasteiger partial charge is 0.381 e. The van der Waals surface area contributed by atoms with Gasteiger partial charge in [-0.15, -0.1) is 0 Å². The van der Waals surface area contributed by atoms with Crippen molar-refractivity contribution < 1.29 is 18.8 Å². The Labute approximate surface area is 177 Å². The van der Waals surface area contributed by atoms with Gasteiger partial charge < -0.3 is 19.5 Å². The van der Waals surface area contributed by atoms with E-state index in [1.807, 2.05) is 12.1 Å². The van der Waals surface area contributed by atoms with Crippen LogP contribution in [0.25, 0.3) is 11.0 Å². The molecule has 2 aromatic heterocycles. The van der Waals surface area contributed by atoms with Gasteiger partial charge >= 0.3 is 23.5 Å². The van der Waals surface area contributed by atoms with Gasteiger partial charge in [0.15, 0.2) is 5.82 Å². The van der Waals surface area contributed by atoms with Gasteiger partial charge in [-0.3, -0.25) is 9.36 Å². The summed E-state index contributed by atoms with van der Waals surface area (Å²) in [4.78, 5) is 43.1. The number of ether oxygens (including phenoxy) is 1. The number of nitrogens with one attached hydrogen (secondary N) is 1. The van der Waals surface area contributed by atoms with Gasteiger partial charge in [-0.05, 0) is 30.9 Å². The lowest BCUT2D eigenvalue weighted by Crippen LogP contribution is -2.37. The van der Waals surface area contributed by atoms with Crippen LogP contribution in [0.2, 0.25) is 0 Å². The van der Waals surface area contributed by atoms with Crippen molar-refractivity contribution in [3.05, 3.63) is 46.5 Å². The quantitative estimate of drug-likeness (QED) is 0.644. The molecule has 31 heavy (non-hydrogen) atoms. The van der Waals surface area contributed by atoms with E-state index in [4.69, 9.17) is 9.26 Å². The van der Waals surface area contributed by atoms with E-state index in [1.165, 1.54) is 4.90 Å². The average molecular weight is 428 g/mol. The highest BCUT2D eigenvalue weighted by Gasteiger charge is 2.23. The second kappa shape index (κ2) is 8.72. The number of benzene rings is 1. The molecule has 11 heteroatoms. The second-order valence-electron chi connectivity index (χ2n) is 7.65. The van der Waals surface area contributed by atoms with Gasteiger partial charge in [0.1, 0.15) is 0 Å². The number of imidazole rings is 1. The molecule has 11 nitrogen and oxygen atoms in total. The van der Waals surface area contributed by atoms with E-state index in [-0.39, 0.29) is 18.3 Å². The summed E-state index contributed by atoms with van der Waals surface area (Å²) in [5.74, 6) is -0.143. The van der Waals surface area contributed by atoms with Crippen molar-refractivity contribution in [1.29, 1.82) is 0 Å². The lowest BCUT2D eigenvalue weighted by Gasteiger charge is -2.22. The molecule has 3 aromatic rings. The number of aromatic nitrogens is 4. The van der Waals surface area contributed by atoms with Crippen molar-refractivity contribution in [1.82, 2.24) is 29.5 Å². The van der Waals surface area contributed by atoms with Gasteiger partial charge in [0.25, 0.3) is 0 Å². The van der Waals surface area contributed by atoms with Crippen molar-refractivity contribution in [3.63, 3.8) is 0 Å². The minimum Gasteiger partial charge on any atom is -0.381 e.